The second-order valence-corrected chi connectivity index (χ2v) is 17.4. The van der Waals surface area contributed by atoms with Crippen LogP contribution in [-0.2, 0) is 23.8 Å². The van der Waals surface area contributed by atoms with Gasteiger partial charge in [-0.3, -0.25) is 9.59 Å². The van der Waals surface area contributed by atoms with Crippen molar-refractivity contribution >= 4 is 35.3 Å². The largest absolute Gasteiger partial charge is 0.453 e. The van der Waals surface area contributed by atoms with Gasteiger partial charge in [-0.2, -0.15) is 0 Å². The fourth-order valence-corrected chi connectivity index (χ4v) is 10.1. The third kappa shape index (κ3) is 7.25. The fraction of sp³-hybridized carbons (Fsp3) is 0.524. The van der Waals surface area contributed by atoms with Gasteiger partial charge in [-0.05, 0) is 79.2 Å². The average Bonchev–Trinajstić information content (AvgIpc) is 4.08. The first-order chi connectivity index (χ1) is 28.0. The Morgan fingerprint density at radius 3 is 1.72 bits per heavy atom. The quantitative estimate of drug-likeness (QED) is 0.122. The number of nitrogens with zero attached hydrogens (tertiary/aromatic N) is 4. The number of imidazole rings is 2. The molecule has 3 fully saturated rings. The van der Waals surface area contributed by atoms with Crippen LogP contribution >= 0.6 is 11.3 Å². The van der Waals surface area contributed by atoms with E-state index in [1.807, 2.05) is 49.9 Å². The summed E-state index contributed by atoms with van der Waals surface area (Å²) in [6.07, 6.45) is 7.60. The van der Waals surface area contributed by atoms with Crippen molar-refractivity contribution in [1.82, 2.24) is 40.4 Å². The SMILES string of the molecule is COC(=O)N[C@H](C(=O)N1CCC[C@H]1c1ncc(-c2ccc(-c3ccc(-c4cnc([C@@H]5CCCN5C(=O)[C@@H](NC(=O)OC)C(C)C)[nH]4)c4c3C3CCC4O3)s2)[nH]1)C(C)C. The van der Waals surface area contributed by atoms with Gasteiger partial charge in [0.05, 0.1) is 67.2 Å². The Balaban J connectivity index is 1.03. The first-order valence-electron chi connectivity index (χ1n) is 20.3. The molecule has 2 bridgehead atoms. The lowest BCUT2D eigenvalue weighted by Gasteiger charge is -2.30. The smallest absolute Gasteiger partial charge is 0.407 e. The molecule has 308 valence electrons. The summed E-state index contributed by atoms with van der Waals surface area (Å²) in [5.41, 5.74) is 6.39. The summed E-state index contributed by atoms with van der Waals surface area (Å²) >= 11 is 1.69. The second-order valence-electron chi connectivity index (χ2n) is 16.3. The van der Waals surface area contributed by atoms with Gasteiger partial charge in [0.2, 0.25) is 11.8 Å². The number of likely N-dealkylation sites (tertiary alicyclic amines) is 2. The van der Waals surface area contributed by atoms with Crippen LogP contribution in [0.5, 0.6) is 0 Å². The molecule has 16 heteroatoms. The third-order valence-electron chi connectivity index (χ3n) is 12.1. The molecule has 4 aliphatic rings. The highest BCUT2D eigenvalue weighted by molar-refractivity contribution is 7.18. The van der Waals surface area contributed by atoms with Crippen LogP contribution < -0.4 is 10.6 Å². The Labute approximate surface area is 341 Å². The van der Waals surface area contributed by atoms with Crippen molar-refractivity contribution < 1.29 is 33.4 Å². The normalized spacial score (nSPS) is 22.1. The number of carbonyl (C=O) groups excluding carboxylic acids is 4. The van der Waals surface area contributed by atoms with Crippen molar-refractivity contribution in [1.29, 1.82) is 0 Å². The molecule has 0 aliphatic carbocycles. The molecule has 2 unspecified atom stereocenters. The molecule has 6 atom stereocenters. The number of thiophene rings is 1. The summed E-state index contributed by atoms with van der Waals surface area (Å²) in [5, 5.41) is 5.43. The predicted molar refractivity (Wildman–Crippen MR) is 216 cm³/mol. The third-order valence-corrected chi connectivity index (χ3v) is 13.2. The van der Waals surface area contributed by atoms with Gasteiger partial charge in [-0.1, -0.05) is 39.8 Å². The van der Waals surface area contributed by atoms with E-state index in [1.165, 1.54) is 25.3 Å². The number of H-pyrrole nitrogens is 2. The summed E-state index contributed by atoms with van der Waals surface area (Å²) in [6, 6.07) is 6.75. The number of benzene rings is 1. The number of amides is 4. The van der Waals surface area contributed by atoms with Crippen LogP contribution in [0.2, 0.25) is 0 Å². The number of rotatable bonds is 11. The maximum Gasteiger partial charge on any atom is 0.407 e. The van der Waals surface area contributed by atoms with Gasteiger partial charge in [0.15, 0.2) is 0 Å². The highest BCUT2D eigenvalue weighted by Gasteiger charge is 2.43. The number of nitrogens with one attached hydrogen (secondary N) is 4. The Morgan fingerprint density at radius 1 is 0.707 bits per heavy atom. The van der Waals surface area contributed by atoms with E-state index in [1.54, 1.807) is 11.3 Å². The van der Waals surface area contributed by atoms with E-state index >= 15 is 0 Å². The molecule has 15 nitrogen and oxygen atoms in total. The van der Waals surface area contributed by atoms with Crippen LogP contribution in [0.4, 0.5) is 9.59 Å². The molecule has 58 heavy (non-hydrogen) atoms. The van der Waals surface area contributed by atoms with Crippen LogP contribution in [0.15, 0.2) is 36.7 Å². The van der Waals surface area contributed by atoms with Gasteiger partial charge >= 0.3 is 12.2 Å². The van der Waals surface area contributed by atoms with Gasteiger partial charge in [-0.25, -0.2) is 19.6 Å². The van der Waals surface area contributed by atoms with Gasteiger partial charge in [0, 0.05) is 23.5 Å². The maximum atomic E-state index is 13.7. The van der Waals surface area contributed by atoms with Crippen LogP contribution in [0.1, 0.15) is 113 Å². The van der Waals surface area contributed by atoms with Crippen LogP contribution in [0, 0.1) is 11.8 Å². The molecule has 4 N–H and O–H groups in total. The number of hydrogen-bond donors (Lipinski definition) is 4. The average molecular weight is 813 g/mol. The molecule has 4 aliphatic heterocycles. The van der Waals surface area contributed by atoms with Crippen LogP contribution in [0.25, 0.3) is 32.3 Å². The second kappa shape index (κ2) is 16.2. The van der Waals surface area contributed by atoms with Crippen molar-refractivity contribution in [2.24, 2.45) is 11.8 Å². The molecule has 0 spiro atoms. The van der Waals surface area contributed by atoms with Gasteiger partial charge < -0.3 is 44.6 Å². The number of ether oxygens (including phenoxy) is 3. The molecule has 8 rings (SSSR count). The zero-order chi connectivity index (χ0) is 40.8. The summed E-state index contributed by atoms with van der Waals surface area (Å²) in [4.78, 5) is 74.0. The Hall–Kier alpha value is -5.22. The lowest BCUT2D eigenvalue weighted by Crippen LogP contribution is -2.51. The Kier molecular flexibility index (Phi) is 11.1. The number of alkyl carbamates (subject to hydrolysis) is 2. The van der Waals surface area contributed by atoms with Crippen LogP contribution in [0.3, 0.4) is 0 Å². The fourth-order valence-electron chi connectivity index (χ4n) is 9.13. The van der Waals surface area contributed by atoms with Crippen molar-refractivity contribution in [2.45, 2.75) is 103 Å². The first kappa shape index (κ1) is 39.6. The number of aromatic amines is 2. The molecule has 1 aromatic carbocycles. The highest BCUT2D eigenvalue weighted by atomic mass is 32.1. The monoisotopic (exact) mass is 812 g/mol. The molecule has 7 heterocycles. The molecule has 3 saturated heterocycles. The van der Waals surface area contributed by atoms with Gasteiger partial charge in [0.25, 0.3) is 0 Å². The minimum Gasteiger partial charge on any atom is -0.453 e. The van der Waals surface area contributed by atoms with Crippen molar-refractivity contribution in [3.8, 4) is 32.3 Å². The van der Waals surface area contributed by atoms with E-state index < -0.39 is 24.3 Å². The summed E-state index contributed by atoms with van der Waals surface area (Å²) in [5.74, 6) is 0.954. The number of hydrogen-bond acceptors (Lipinski definition) is 10. The molecule has 3 aromatic heterocycles. The lowest BCUT2D eigenvalue weighted by molar-refractivity contribution is -0.136. The Morgan fingerprint density at radius 2 is 1.19 bits per heavy atom. The zero-order valence-corrected chi connectivity index (χ0v) is 34.6. The number of methoxy groups -OCH3 is 2. The molecular formula is C42H52N8O7S. The van der Waals surface area contributed by atoms with E-state index in [4.69, 9.17) is 24.2 Å². The standard InChI is InChI=1S/C42H52N8O7S/c1-21(2)35(47-41(53)55-5)39(51)49-17-7-9-27(49)37-43-19-25(45-37)23-11-12-24(34-30-14-13-29(57-30)33(23)34)31-15-16-32(58-31)26-20-44-38(46-26)28-10-8-18-50(28)40(52)36(22(3)4)48-42(54)56-6/h11-12,15-16,19-22,27-30,35-36H,7-10,13-14,17-18H2,1-6H3,(H,43,45)(H,44,46)(H,47,53)(H,48,54)/t27-,28-,29?,30?,35-,36-/m0/s1. The minimum atomic E-state index is -0.701. The van der Waals surface area contributed by atoms with Crippen LogP contribution in [-0.4, -0.2) is 93.1 Å². The van der Waals surface area contributed by atoms with E-state index in [0.717, 1.165) is 82.4 Å². The van der Waals surface area contributed by atoms with E-state index in [2.05, 4.69) is 44.9 Å². The molecular weight excluding hydrogens is 761 g/mol. The van der Waals surface area contributed by atoms with E-state index in [9.17, 15) is 19.2 Å². The molecule has 0 saturated carbocycles. The van der Waals surface area contributed by atoms with Gasteiger partial charge in [-0.15, -0.1) is 11.3 Å². The maximum absolute atomic E-state index is 13.7. The summed E-state index contributed by atoms with van der Waals surface area (Å²) < 4.78 is 16.1. The van der Waals surface area contributed by atoms with Crippen molar-refractivity contribution in [3.63, 3.8) is 0 Å². The van der Waals surface area contributed by atoms with Crippen molar-refractivity contribution in [2.75, 3.05) is 27.3 Å². The van der Waals surface area contributed by atoms with E-state index in [0.29, 0.717) is 13.1 Å². The van der Waals surface area contributed by atoms with E-state index in [-0.39, 0.29) is 47.9 Å². The summed E-state index contributed by atoms with van der Waals surface area (Å²) in [7, 11) is 2.59. The first-order valence-corrected chi connectivity index (χ1v) is 21.1. The molecule has 0 radical (unpaired) electrons. The highest BCUT2D eigenvalue weighted by Crippen LogP contribution is 2.57. The topological polar surface area (TPSA) is 184 Å². The zero-order valence-electron chi connectivity index (χ0n) is 33.8. The number of fused-ring (bicyclic) bond motifs is 5. The summed E-state index contributed by atoms with van der Waals surface area (Å²) in [6.45, 7) is 8.81. The van der Waals surface area contributed by atoms with Crippen molar-refractivity contribution in [3.05, 3.63) is 59.4 Å². The molecule has 4 aromatic rings. The Bertz CT molecular complexity index is 2190. The predicted octanol–water partition coefficient (Wildman–Crippen LogP) is 7.19. The number of aromatic nitrogens is 4. The minimum absolute atomic E-state index is 0.00719. The van der Waals surface area contributed by atoms with Gasteiger partial charge in [0.1, 0.15) is 23.7 Å². The number of carbonyl (C=O) groups is 4. The molecule has 4 amide bonds. The lowest BCUT2D eigenvalue weighted by atomic mass is 9.84.